The van der Waals surface area contributed by atoms with Crippen LogP contribution in [-0.4, -0.2) is 22.6 Å². The van der Waals surface area contributed by atoms with E-state index < -0.39 is 10.9 Å². The van der Waals surface area contributed by atoms with Gasteiger partial charge in [0.2, 0.25) is 0 Å². The van der Waals surface area contributed by atoms with E-state index in [1.54, 1.807) is 19.1 Å². The van der Waals surface area contributed by atoms with Gasteiger partial charge >= 0.3 is 5.97 Å². The number of thiophene rings is 1. The van der Waals surface area contributed by atoms with Crippen LogP contribution in [0.4, 0.5) is 16.4 Å². The van der Waals surface area contributed by atoms with Crippen LogP contribution >= 0.6 is 23.6 Å². The molecule has 0 bridgehead atoms. The predicted octanol–water partition coefficient (Wildman–Crippen LogP) is 5.23. The Balaban J connectivity index is 1.76. The van der Waals surface area contributed by atoms with Crippen molar-refractivity contribution in [2.75, 3.05) is 17.2 Å². The molecule has 1 aromatic heterocycles. The SMILES string of the molecule is CCOC(=O)c1cc(Cc2ccccc2)sc1NC(=S)Nc1ccc([N+](=O)[O-])cc1. The number of hydrogen-bond acceptors (Lipinski definition) is 6. The molecule has 0 saturated heterocycles. The summed E-state index contributed by atoms with van der Waals surface area (Å²) in [5, 5.41) is 17.6. The molecule has 0 aliphatic rings. The third-order valence-electron chi connectivity index (χ3n) is 4.06. The summed E-state index contributed by atoms with van der Waals surface area (Å²) in [7, 11) is 0. The zero-order valence-corrected chi connectivity index (χ0v) is 17.7. The number of rotatable bonds is 7. The van der Waals surface area contributed by atoms with E-state index in [4.69, 9.17) is 17.0 Å². The highest BCUT2D eigenvalue weighted by molar-refractivity contribution is 7.80. The van der Waals surface area contributed by atoms with Crippen LogP contribution in [0.2, 0.25) is 0 Å². The molecule has 2 aromatic carbocycles. The van der Waals surface area contributed by atoms with Crippen LogP contribution in [-0.2, 0) is 11.2 Å². The Morgan fingerprint density at radius 2 is 1.83 bits per heavy atom. The van der Waals surface area contributed by atoms with Crippen LogP contribution < -0.4 is 10.6 Å². The van der Waals surface area contributed by atoms with E-state index in [-0.39, 0.29) is 17.4 Å². The second-order valence-electron chi connectivity index (χ2n) is 6.22. The first-order chi connectivity index (χ1) is 14.5. The Morgan fingerprint density at radius 3 is 2.47 bits per heavy atom. The number of anilines is 2. The summed E-state index contributed by atoms with van der Waals surface area (Å²) in [5.74, 6) is -0.423. The summed E-state index contributed by atoms with van der Waals surface area (Å²) in [5.41, 5.74) is 2.14. The molecular formula is C21H19N3O4S2. The van der Waals surface area contributed by atoms with Crippen molar-refractivity contribution in [3.63, 3.8) is 0 Å². The molecule has 2 N–H and O–H groups in total. The standard InChI is InChI=1S/C21H19N3O4S2/c1-2-28-20(25)18-13-17(12-14-6-4-3-5-7-14)30-19(18)23-21(29)22-15-8-10-16(11-9-15)24(26)27/h3-11,13H,2,12H2,1H3,(H2,22,23,29). The number of esters is 1. The number of non-ortho nitro benzene ring substituents is 1. The van der Waals surface area contributed by atoms with Gasteiger partial charge in [-0.25, -0.2) is 4.79 Å². The molecule has 0 atom stereocenters. The number of nitrogens with one attached hydrogen (secondary N) is 2. The van der Waals surface area contributed by atoms with Crippen molar-refractivity contribution in [1.82, 2.24) is 0 Å². The van der Waals surface area contributed by atoms with Crippen molar-refractivity contribution >= 4 is 51.0 Å². The van der Waals surface area contributed by atoms with Crippen LogP contribution in [0, 0.1) is 10.1 Å². The maximum absolute atomic E-state index is 12.4. The first-order valence-corrected chi connectivity index (χ1v) is 10.3. The van der Waals surface area contributed by atoms with Gasteiger partial charge in [-0.15, -0.1) is 11.3 Å². The first-order valence-electron chi connectivity index (χ1n) is 9.12. The fourth-order valence-corrected chi connectivity index (χ4v) is 4.08. The van der Waals surface area contributed by atoms with Gasteiger partial charge in [0.15, 0.2) is 5.11 Å². The molecule has 3 rings (SSSR count). The molecule has 0 radical (unpaired) electrons. The minimum Gasteiger partial charge on any atom is -0.462 e. The van der Waals surface area contributed by atoms with E-state index >= 15 is 0 Å². The molecule has 3 aromatic rings. The van der Waals surface area contributed by atoms with Crippen molar-refractivity contribution in [3.8, 4) is 0 Å². The van der Waals surface area contributed by atoms with Gasteiger partial charge in [0.05, 0.1) is 17.1 Å². The summed E-state index contributed by atoms with van der Waals surface area (Å²) in [6, 6.07) is 17.7. The zero-order valence-electron chi connectivity index (χ0n) is 16.1. The van der Waals surface area contributed by atoms with Crippen molar-refractivity contribution in [2.45, 2.75) is 13.3 Å². The summed E-state index contributed by atoms with van der Waals surface area (Å²) < 4.78 is 5.17. The summed E-state index contributed by atoms with van der Waals surface area (Å²) >= 11 is 6.78. The molecule has 7 nitrogen and oxygen atoms in total. The lowest BCUT2D eigenvalue weighted by Gasteiger charge is -2.10. The number of nitrogens with zero attached hydrogens (tertiary/aromatic N) is 1. The number of carbonyl (C=O) groups excluding carboxylic acids is 1. The van der Waals surface area contributed by atoms with Crippen molar-refractivity contribution < 1.29 is 14.5 Å². The highest BCUT2D eigenvalue weighted by Gasteiger charge is 2.18. The normalized spacial score (nSPS) is 10.3. The Morgan fingerprint density at radius 1 is 1.13 bits per heavy atom. The Labute approximate surface area is 182 Å². The molecule has 0 aliphatic heterocycles. The van der Waals surface area contributed by atoms with E-state index in [0.29, 0.717) is 22.7 Å². The zero-order chi connectivity index (χ0) is 21.5. The van der Waals surface area contributed by atoms with Crippen LogP contribution in [0.3, 0.4) is 0 Å². The van der Waals surface area contributed by atoms with Crippen molar-refractivity contribution in [3.05, 3.63) is 86.8 Å². The monoisotopic (exact) mass is 441 g/mol. The minimum atomic E-state index is -0.466. The van der Waals surface area contributed by atoms with Crippen LogP contribution in [0.1, 0.15) is 27.7 Å². The number of hydrogen-bond donors (Lipinski definition) is 2. The Kier molecular flexibility index (Phi) is 7.10. The number of nitro groups is 1. The van der Waals surface area contributed by atoms with Crippen molar-refractivity contribution in [2.24, 2.45) is 0 Å². The highest BCUT2D eigenvalue weighted by atomic mass is 32.1. The first kappa shape index (κ1) is 21.4. The van der Waals surface area contributed by atoms with Gasteiger partial charge in [-0.3, -0.25) is 10.1 Å². The summed E-state index contributed by atoms with van der Waals surface area (Å²) in [6.07, 6.45) is 0.683. The largest absolute Gasteiger partial charge is 0.462 e. The Hall–Kier alpha value is -3.30. The van der Waals surface area contributed by atoms with Gasteiger partial charge in [-0.05, 0) is 42.9 Å². The molecule has 154 valence electrons. The van der Waals surface area contributed by atoms with E-state index in [9.17, 15) is 14.9 Å². The number of carbonyl (C=O) groups is 1. The topological polar surface area (TPSA) is 93.5 Å². The molecule has 0 saturated carbocycles. The molecule has 0 amide bonds. The molecule has 1 heterocycles. The summed E-state index contributed by atoms with van der Waals surface area (Å²) in [4.78, 5) is 23.7. The molecule has 0 spiro atoms. The summed E-state index contributed by atoms with van der Waals surface area (Å²) in [6.45, 7) is 2.02. The van der Waals surface area contributed by atoms with E-state index in [1.165, 1.54) is 23.5 Å². The van der Waals surface area contributed by atoms with Crippen LogP contribution in [0.25, 0.3) is 0 Å². The van der Waals surface area contributed by atoms with Gasteiger partial charge in [0, 0.05) is 29.1 Å². The smallest absolute Gasteiger partial charge is 0.341 e. The van der Waals surface area contributed by atoms with Crippen LogP contribution in [0.5, 0.6) is 0 Å². The van der Waals surface area contributed by atoms with Gasteiger partial charge < -0.3 is 15.4 Å². The molecule has 0 aliphatic carbocycles. The van der Waals surface area contributed by atoms with Gasteiger partial charge in [0.25, 0.3) is 5.69 Å². The lowest BCUT2D eigenvalue weighted by atomic mass is 10.1. The third kappa shape index (κ3) is 5.62. The highest BCUT2D eigenvalue weighted by Crippen LogP contribution is 2.31. The molecule has 30 heavy (non-hydrogen) atoms. The van der Waals surface area contributed by atoms with E-state index in [1.807, 2.05) is 36.4 Å². The molecule has 0 fully saturated rings. The fraction of sp³-hybridized carbons (Fsp3) is 0.143. The number of nitro benzene ring substituents is 1. The van der Waals surface area contributed by atoms with Gasteiger partial charge in [-0.1, -0.05) is 30.3 Å². The maximum atomic E-state index is 12.4. The number of ether oxygens (including phenoxy) is 1. The molecule has 0 unspecified atom stereocenters. The van der Waals surface area contributed by atoms with E-state index in [2.05, 4.69) is 10.6 Å². The Bertz CT molecular complexity index is 1050. The molecule has 9 heteroatoms. The maximum Gasteiger partial charge on any atom is 0.341 e. The average Bonchev–Trinajstić information content (AvgIpc) is 3.11. The lowest BCUT2D eigenvalue weighted by molar-refractivity contribution is -0.384. The van der Waals surface area contributed by atoms with Gasteiger partial charge in [-0.2, -0.15) is 0 Å². The molecular weight excluding hydrogens is 422 g/mol. The average molecular weight is 442 g/mol. The fourth-order valence-electron chi connectivity index (χ4n) is 2.71. The third-order valence-corrected chi connectivity index (χ3v) is 5.32. The lowest BCUT2D eigenvalue weighted by Crippen LogP contribution is -2.20. The van der Waals surface area contributed by atoms with Crippen molar-refractivity contribution in [1.29, 1.82) is 0 Å². The number of benzene rings is 2. The second kappa shape index (κ2) is 9.95. The van der Waals surface area contributed by atoms with Gasteiger partial charge in [0.1, 0.15) is 5.00 Å². The quantitative estimate of drug-likeness (QED) is 0.224. The second-order valence-corrected chi connectivity index (χ2v) is 7.77. The van der Waals surface area contributed by atoms with Crippen LogP contribution in [0.15, 0.2) is 60.7 Å². The number of thiocarbonyl (C=S) groups is 1. The predicted molar refractivity (Wildman–Crippen MR) is 122 cm³/mol. The minimum absolute atomic E-state index is 0.00663. The van der Waals surface area contributed by atoms with E-state index in [0.717, 1.165) is 10.4 Å².